The second kappa shape index (κ2) is 12.2. The number of carbonyl (C=O) groups excluding carboxylic acids is 2. The molecule has 1 atom stereocenters. The Morgan fingerprint density at radius 1 is 1.14 bits per heavy atom. The summed E-state index contributed by atoms with van der Waals surface area (Å²) in [5.74, 6) is -1.45. The van der Waals surface area contributed by atoms with Crippen molar-refractivity contribution in [2.75, 3.05) is 24.4 Å². The number of aromatic nitrogens is 1. The second-order valence-corrected chi connectivity index (χ2v) is 10.1. The van der Waals surface area contributed by atoms with Gasteiger partial charge in [-0.2, -0.15) is 11.8 Å². The Bertz CT molecular complexity index is 1220. The van der Waals surface area contributed by atoms with Crippen molar-refractivity contribution in [3.05, 3.63) is 59.9 Å². The summed E-state index contributed by atoms with van der Waals surface area (Å²) in [6.45, 7) is 1.31. The van der Waals surface area contributed by atoms with Crippen LogP contribution < -0.4 is 10.6 Å². The Labute approximate surface area is 207 Å². The van der Waals surface area contributed by atoms with Crippen LogP contribution in [0.4, 0.5) is 5.82 Å². The number of aliphatic carboxylic acids is 1. The van der Waals surface area contributed by atoms with Crippen LogP contribution in [-0.2, 0) is 24.4 Å². The minimum atomic E-state index is -3.91. The average molecular weight is 523 g/mol. The highest BCUT2D eigenvalue weighted by atomic mass is 32.2. The zero-order chi connectivity index (χ0) is 26.2. The third kappa shape index (κ3) is 6.96. The number of hydrogen-bond acceptors (Lipinski definition) is 8. The zero-order valence-electron chi connectivity index (χ0n) is 19.3. The van der Waals surface area contributed by atoms with E-state index in [-0.39, 0.29) is 27.9 Å². The van der Waals surface area contributed by atoms with Crippen LogP contribution in [0.5, 0.6) is 0 Å². The molecular weight excluding hydrogens is 496 g/mol. The van der Waals surface area contributed by atoms with Crippen LogP contribution in [0.15, 0.2) is 59.3 Å². The molecule has 188 valence electrons. The molecule has 1 aliphatic heterocycles. The van der Waals surface area contributed by atoms with Gasteiger partial charge in [0.15, 0.2) is 11.5 Å². The summed E-state index contributed by atoms with van der Waals surface area (Å²) in [6.07, 6.45) is 3.85. The van der Waals surface area contributed by atoms with Crippen molar-refractivity contribution in [3.8, 4) is 0 Å². The summed E-state index contributed by atoms with van der Waals surface area (Å²) in [5.41, 5.74) is -0.258. The number of fused-ring (bicyclic) bond motifs is 1. The lowest BCUT2D eigenvalue weighted by atomic mass is 10.1. The quantitative estimate of drug-likeness (QED) is 0.425. The molecule has 2 aromatic rings. The van der Waals surface area contributed by atoms with Crippen molar-refractivity contribution >= 4 is 51.1 Å². The van der Waals surface area contributed by atoms with E-state index in [4.69, 9.17) is 5.11 Å². The molecular formula is C22H26N4O7S2. The number of carbonyl (C=O) groups is 3. The van der Waals surface area contributed by atoms with Crippen LogP contribution in [0.25, 0.3) is 5.76 Å². The predicted molar refractivity (Wildman–Crippen MR) is 132 cm³/mol. The molecule has 0 spiro atoms. The minimum absolute atomic E-state index is 0.0469. The second-order valence-electron chi connectivity index (χ2n) is 7.21. The first-order valence-corrected chi connectivity index (χ1v) is 13.1. The Morgan fingerprint density at radius 2 is 1.80 bits per heavy atom. The normalized spacial score (nSPS) is 14.7. The number of benzene rings is 1. The zero-order valence-corrected chi connectivity index (χ0v) is 20.9. The third-order valence-corrected chi connectivity index (χ3v) is 7.19. The highest BCUT2D eigenvalue weighted by molar-refractivity contribution is 7.98. The summed E-state index contributed by atoms with van der Waals surface area (Å²) >= 11 is 1.56. The van der Waals surface area contributed by atoms with Crippen molar-refractivity contribution < 1.29 is 33.0 Å². The maximum Gasteiger partial charge on any atom is 0.326 e. The number of sulfonamides is 1. The Balaban J connectivity index is 0.000000307. The summed E-state index contributed by atoms with van der Waals surface area (Å²) in [6, 6.07) is 10.1. The van der Waals surface area contributed by atoms with Crippen LogP contribution in [0.3, 0.4) is 0 Å². The molecule has 0 saturated heterocycles. The van der Waals surface area contributed by atoms with Gasteiger partial charge >= 0.3 is 5.97 Å². The van der Waals surface area contributed by atoms with Crippen molar-refractivity contribution in [2.45, 2.75) is 24.3 Å². The SMILES string of the molecule is CN1C(C(=O)Nc2ccccn2)=C(O)c2ccccc2S1(=O)=O.CSCC[C@H](NC(C)=O)C(=O)O. The number of hydrogen-bond donors (Lipinski definition) is 4. The van der Waals surface area contributed by atoms with Gasteiger partial charge in [-0.15, -0.1) is 0 Å². The molecule has 3 rings (SSSR count). The molecule has 35 heavy (non-hydrogen) atoms. The van der Waals surface area contributed by atoms with Gasteiger partial charge in [0.1, 0.15) is 11.9 Å². The number of aliphatic hydroxyl groups excluding tert-OH is 1. The number of amides is 2. The summed E-state index contributed by atoms with van der Waals surface area (Å²) < 4.78 is 25.8. The number of nitrogens with one attached hydrogen (secondary N) is 2. The maximum atomic E-state index is 12.5. The number of nitrogens with zero attached hydrogens (tertiary/aromatic N) is 2. The van der Waals surface area contributed by atoms with Gasteiger partial charge in [-0.25, -0.2) is 18.2 Å². The minimum Gasteiger partial charge on any atom is -0.505 e. The Hall–Kier alpha value is -3.58. The molecule has 0 saturated carbocycles. The van der Waals surface area contributed by atoms with E-state index in [0.29, 0.717) is 6.42 Å². The standard InChI is InChI=1S/C15H13N3O4S.C7H13NO3S/c1-18-13(15(20)17-12-8-4-5-9-16-12)14(19)10-6-2-3-7-11(10)23(18,21)22;1-5(9)8-6(7(10)11)3-4-12-2/h2-9,19H,1H3,(H,16,17,20);6H,3-4H2,1-2H3,(H,8,9)(H,10,11)/t;6-/m.0/s1. The fraction of sp³-hybridized carbons (Fsp3) is 0.273. The lowest BCUT2D eigenvalue weighted by molar-refractivity contribution is -0.141. The first-order valence-electron chi connectivity index (χ1n) is 10.2. The van der Waals surface area contributed by atoms with Gasteiger partial charge in [-0.3, -0.25) is 13.9 Å². The Kier molecular flexibility index (Phi) is 9.66. The summed E-state index contributed by atoms with van der Waals surface area (Å²) in [7, 11) is -2.69. The van der Waals surface area contributed by atoms with Crippen LogP contribution in [0.1, 0.15) is 18.9 Å². The lowest BCUT2D eigenvalue weighted by Gasteiger charge is -2.28. The third-order valence-electron chi connectivity index (χ3n) is 4.73. The van der Waals surface area contributed by atoms with Crippen LogP contribution in [-0.4, -0.2) is 70.8 Å². The molecule has 11 nitrogen and oxygen atoms in total. The van der Waals surface area contributed by atoms with Crippen molar-refractivity contribution in [1.82, 2.24) is 14.6 Å². The number of rotatable bonds is 7. The Morgan fingerprint density at radius 3 is 2.37 bits per heavy atom. The van der Waals surface area contributed by atoms with Gasteiger partial charge < -0.3 is 20.8 Å². The summed E-state index contributed by atoms with van der Waals surface area (Å²) in [4.78, 5) is 37.4. The molecule has 0 fully saturated rings. The highest BCUT2D eigenvalue weighted by Crippen LogP contribution is 2.34. The smallest absolute Gasteiger partial charge is 0.326 e. The number of aliphatic hydroxyl groups is 1. The van der Waals surface area contributed by atoms with Crippen molar-refractivity contribution in [2.24, 2.45) is 0 Å². The average Bonchev–Trinajstić information content (AvgIpc) is 2.81. The van der Waals surface area contributed by atoms with E-state index >= 15 is 0 Å². The monoisotopic (exact) mass is 522 g/mol. The van der Waals surface area contributed by atoms with Gasteiger partial charge in [0.05, 0.1) is 4.90 Å². The van der Waals surface area contributed by atoms with Crippen LogP contribution in [0.2, 0.25) is 0 Å². The number of thioether (sulfide) groups is 1. The number of likely N-dealkylation sites (N-methyl/N-ethyl adjacent to an activating group) is 1. The lowest BCUT2D eigenvalue weighted by Crippen LogP contribution is -2.39. The van der Waals surface area contributed by atoms with E-state index < -0.39 is 33.7 Å². The molecule has 0 bridgehead atoms. The van der Waals surface area contributed by atoms with Gasteiger partial charge in [0, 0.05) is 25.7 Å². The van der Waals surface area contributed by atoms with Crippen molar-refractivity contribution in [1.29, 1.82) is 0 Å². The topological polar surface area (TPSA) is 166 Å². The van der Waals surface area contributed by atoms with Crippen LogP contribution >= 0.6 is 11.8 Å². The fourth-order valence-corrected chi connectivity index (χ4v) is 4.90. The van der Waals surface area contributed by atoms with E-state index in [1.54, 1.807) is 42.1 Å². The van der Waals surface area contributed by atoms with Gasteiger partial charge in [0.2, 0.25) is 5.91 Å². The first-order chi connectivity index (χ1) is 16.5. The van der Waals surface area contributed by atoms with Crippen LogP contribution in [0, 0.1) is 0 Å². The molecule has 0 radical (unpaired) electrons. The number of pyridine rings is 1. The molecule has 2 amide bonds. The van der Waals surface area contributed by atoms with Crippen molar-refractivity contribution in [3.63, 3.8) is 0 Å². The molecule has 1 aromatic carbocycles. The molecule has 1 aliphatic rings. The molecule has 13 heteroatoms. The molecule has 0 aliphatic carbocycles. The largest absolute Gasteiger partial charge is 0.505 e. The summed E-state index contributed by atoms with van der Waals surface area (Å²) in [5, 5.41) is 23.8. The molecule has 4 N–H and O–H groups in total. The molecule has 2 heterocycles. The predicted octanol–water partition coefficient (Wildman–Crippen LogP) is 1.91. The number of carboxylic acids is 1. The van der Waals surface area contributed by atoms with Gasteiger partial charge in [-0.1, -0.05) is 18.2 Å². The fourth-order valence-electron chi connectivity index (χ4n) is 3.03. The van der Waals surface area contributed by atoms with E-state index in [1.807, 2.05) is 6.26 Å². The van der Waals surface area contributed by atoms with E-state index in [9.17, 15) is 27.9 Å². The van der Waals surface area contributed by atoms with Gasteiger partial charge in [0.25, 0.3) is 15.9 Å². The van der Waals surface area contributed by atoms with E-state index in [2.05, 4.69) is 15.6 Å². The molecule has 0 unspecified atom stereocenters. The maximum absolute atomic E-state index is 12.5. The van der Waals surface area contributed by atoms with E-state index in [1.165, 1.54) is 32.3 Å². The highest BCUT2D eigenvalue weighted by Gasteiger charge is 2.37. The number of carboxylic acid groups (broad SMARTS) is 1. The van der Waals surface area contributed by atoms with E-state index in [0.717, 1.165) is 10.1 Å². The molecule has 1 aromatic heterocycles. The van der Waals surface area contributed by atoms with Gasteiger partial charge in [-0.05, 0) is 42.7 Å². The first kappa shape index (κ1) is 27.7. The number of anilines is 1.